The van der Waals surface area contributed by atoms with Crippen molar-refractivity contribution in [2.24, 2.45) is 0 Å². The fourth-order valence-corrected chi connectivity index (χ4v) is 4.49. The molecule has 0 aliphatic heterocycles. The van der Waals surface area contributed by atoms with Crippen molar-refractivity contribution in [1.82, 2.24) is 19.8 Å². The van der Waals surface area contributed by atoms with Crippen molar-refractivity contribution in [3.8, 4) is 0 Å². The number of benzene rings is 2. The number of carbonyl (C=O) groups excluding carboxylic acids is 2. The van der Waals surface area contributed by atoms with Crippen molar-refractivity contribution in [2.75, 3.05) is 18.2 Å². The molecule has 0 unspecified atom stereocenters. The van der Waals surface area contributed by atoms with Gasteiger partial charge in [0.05, 0.1) is 18.4 Å². The van der Waals surface area contributed by atoms with Crippen LogP contribution >= 0.6 is 23.1 Å². The molecule has 162 valence electrons. The van der Waals surface area contributed by atoms with Crippen molar-refractivity contribution in [1.29, 1.82) is 0 Å². The van der Waals surface area contributed by atoms with E-state index in [0.29, 0.717) is 32.7 Å². The predicted octanol–water partition coefficient (Wildman–Crippen LogP) is 2.65. The Morgan fingerprint density at radius 2 is 1.84 bits per heavy atom. The van der Waals surface area contributed by atoms with E-state index in [1.807, 2.05) is 30.3 Å². The van der Waals surface area contributed by atoms with Crippen molar-refractivity contribution in [3.05, 3.63) is 81.8 Å². The molecular weight excluding hydrogens is 450 g/mol. The minimum Gasteiger partial charge on any atom is -0.465 e. The molecule has 11 heteroatoms. The Morgan fingerprint density at radius 3 is 2.56 bits per heavy atom. The average molecular weight is 468 g/mol. The second-order valence-corrected chi connectivity index (χ2v) is 8.76. The summed E-state index contributed by atoms with van der Waals surface area (Å²) in [7, 11) is 1.31. The summed E-state index contributed by atoms with van der Waals surface area (Å²) in [5, 5.41) is 15.2. The monoisotopic (exact) mass is 467 g/mol. The second kappa shape index (κ2) is 9.71. The van der Waals surface area contributed by atoms with Gasteiger partial charge in [-0.15, -0.1) is 15.3 Å². The molecule has 2 heterocycles. The van der Waals surface area contributed by atoms with Crippen LogP contribution in [0.2, 0.25) is 0 Å². The van der Waals surface area contributed by atoms with Gasteiger partial charge in [-0.1, -0.05) is 53.4 Å². The average Bonchev–Trinajstić information content (AvgIpc) is 3.24. The first-order chi connectivity index (χ1) is 15.5. The highest BCUT2D eigenvalue weighted by Gasteiger charge is 2.14. The Kier molecular flexibility index (Phi) is 6.57. The van der Waals surface area contributed by atoms with E-state index in [1.54, 1.807) is 24.3 Å². The van der Waals surface area contributed by atoms with E-state index in [4.69, 9.17) is 0 Å². The van der Waals surface area contributed by atoms with Crippen molar-refractivity contribution < 1.29 is 14.3 Å². The van der Waals surface area contributed by atoms with Crippen molar-refractivity contribution in [2.45, 2.75) is 10.8 Å². The highest BCUT2D eigenvalue weighted by Crippen LogP contribution is 2.23. The molecule has 1 N–H and O–H groups in total. The van der Waals surface area contributed by atoms with Gasteiger partial charge < -0.3 is 10.1 Å². The lowest BCUT2D eigenvalue weighted by atomic mass is 10.1. The highest BCUT2D eigenvalue weighted by atomic mass is 32.2. The fourth-order valence-electron chi connectivity index (χ4n) is 2.82. The topological polar surface area (TPSA) is 116 Å². The number of esters is 1. The summed E-state index contributed by atoms with van der Waals surface area (Å²) in [5.74, 6) is -0.597. The number of nitrogens with zero attached hydrogens (tertiary/aromatic N) is 4. The van der Waals surface area contributed by atoms with E-state index in [0.717, 1.165) is 5.56 Å². The minimum atomic E-state index is -0.445. The van der Waals surface area contributed by atoms with Gasteiger partial charge in [0, 0.05) is 12.1 Å². The first-order valence-electron chi connectivity index (χ1n) is 9.44. The molecule has 0 atom stereocenters. The Balaban J connectivity index is 1.40. The number of fused-ring (bicyclic) bond motifs is 1. The molecule has 9 nitrogen and oxygen atoms in total. The molecule has 0 saturated carbocycles. The third-order valence-electron chi connectivity index (χ3n) is 4.37. The molecular formula is C21H17N5O4S2. The van der Waals surface area contributed by atoms with Gasteiger partial charge in [-0.25, -0.2) is 4.79 Å². The summed E-state index contributed by atoms with van der Waals surface area (Å²) in [5.41, 5.74) is 1.90. The molecule has 0 aliphatic rings. The zero-order chi connectivity index (χ0) is 22.5. The van der Waals surface area contributed by atoms with Gasteiger partial charge in [-0.2, -0.15) is 4.52 Å². The maximum absolute atomic E-state index is 12.7. The molecule has 0 spiro atoms. The quantitative estimate of drug-likeness (QED) is 0.326. The Hall–Kier alpha value is -3.57. The molecule has 0 aliphatic carbocycles. The minimum absolute atomic E-state index is 0.0949. The lowest BCUT2D eigenvalue weighted by molar-refractivity contribution is -0.113. The molecule has 2 aromatic carbocycles. The molecule has 2 aromatic heterocycles. The number of carbonyl (C=O) groups is 2. The van der Waals surface area contributed by atoms with E-state index in [2.05, 4.69) is 25.3 Å². The smallest absolute Gasteiger partial charge is 0.337 e. The largest absolute Gasteiger partial charge is 0.465 e. The fraction of sp³-hybridized carbons (Fsp3) is 0.143. The Morgan fingerprint density at radius 1 is 1.09 bits per heavy atom. The number of ether oxygens (including phenoxy) is 1. The summed E-state index contributed by atoms with van der Waals surface area (Å²) in [6, 6.07) is 15.9. The number of aromatic nitrogens is 4. The van der Waals surface area contributed by atoms with E-state index in [-0.39, 0.29) is 17.2 Å². The van der Waals surface area contributed by atoms with Crippen molar-refractivity contribution >= 4 is 45.6 Å². The maximum Gasteiger partial charge on any atom is 0.337 e. The Bertz CT molecular complexity index is 1320. The molecule has 0 radical (unpaired) electrons. The van der Waals surface area contributed by atoms with Crippen LogP contribution in [0.15, 0.2) is 63.7 Å². The summed E-state index contributed by atoms with van der Waals surface area (Å²) >= 11 is 2.39. The van der Waals surface area contributed by atoms with Crippen LogP contribution in [0, 0.1) is 0 Å². The van der Waals surface area contributed by atoms with Gasteiger partial charge in [0.2, 0.25) is 10.9 Å². The molecule has 0 bridgehead atoms. The van der Waals surface area contributed by atoms with Gasteiger partial charge in [0.15, 0.2) is 4.34 Å². The van der Waals surface area contributed by atoms with Gasteiger partial charge in [-0.3, -0.25) is 9.59 Å². The molecule has 4 rings (SSSR count). The normalized spacial score (nSPS) is 10.8. The highest BCUT2D eigenvalue weighted by molar-refractivity contribution is 8.01. The second-order valence-electron chi connectivity index (χ2n) is 6.58. The third-order valence-corrected chi connectivity index (χ3v) is 6.40. The number of methoxy groups -OCH3 is 1. The zero-order valence-corrected chi connectivity index (χ0v) is 18.5. The standard InChI is InChI=1S/C21H17N5O4S2/c1-30-19(29)14-7-9-15(10-8-14)22-17(27)12-31-21-25-26-18(28)16(23-24-20(26)32-21)11-13-5-3-2-4-6-13/h2-10H,11-12H2,1H3,(H,22,27). The summed E-state index contributed by atoms with van der Waals surface area (Å²) < 4.78 is 6.40. The lowest BCUT2D eigenvalue weighted by Crippen LogP contribution is -2.22. The van der Waals surface area contributed by atoms with Crippen LogP contribution in [0.3, 0.4) is 0 Å². The number of hydrogen-bond donors (Lipinski definition) is 1. The van der Waals surface area contributed by atoms with E-state index in [1.165, 1.54) is 34.7 Å². The molecule has 32 heavy (non-hydrogen) atoms. The molecule has 4 aromatic rings. The number of amides is 1. The lowest BCUT2D eigenvalue weighted by Gasteiger charge is -2.05. The first-order valence-corrected chi connectivity index (χ1v) is 11.2. The maximum atomic E-state index is 12.7. The van der Waals surface area contributed by atoms with Crippen molar-refractivity contribution in [3.63, 3.8) is 0 Å². The van der Waals surface area contributed by atoms with Crippen LogP contribution in [-0.2, 0) is 16.0 Å². The van der Waals surface area contributed by atoms with Gasteiger partial charge in [0.25, 0.3) is 5.56 Å². The third kappa shape index (κ3) is 5.01. The SMILES string of the molecule is COC(=O)c1ccc(NC(=O)CSc2nn3c(=O)c(Cc4ccccc4)nnc3s2)cc1. The number of rotatable bonds is 7. The first kappa shape index (κ1) is 21.7. The van der Waals surface area contributed by atoms with Gasteiger partial charge >= 0.3 is 5.97 Å². The van der Waals surface area contributed by atoms with Gasteiger partial charge in [0.1, 0.15) is 5.69 Å². The van der Waals surface area contributed by atoms with Crippen LogP contribution in [0.4, 0.5) is 5.69 Å². The van der Waals surface area contributed by atoms with Crippen LogP contribution in [0.1, 0.15) is 21.6 Å². The Labute approximate surface area is 190 Å². The molecule has 0 saturated heterocycles. The number of thioether (sulfide) groups is 1. The van der Waals surface area contributed by atoms with E-state index in [9.17, 15) is 14.4 Å². The number of nitrogens with one attached hydrogen (secondary N) is 1. The van der Waals surface area contributed by atoms with Crippen LogP contribution in [0.25, 0.3) is 4.96 Å². The van der Waals surface area contributed by atoms with Crippen LogP contribution in [-0.4, -0.2) is 44.6 Å². The number of hydrogen-bond acceptors (Lipinski definition) is 9. The van der Waals surface area contributed by atoms with E-state index >= 15 is 0 Å². The molecule has 0 fully saturated rings. The molecule has 1 amide bonds. The van der Waals surface area contributed by atoms with Gasteiger partial charge in [-0.05, 0) is 29.8 Å². The van der Waals surface area contributed by atoms with Crippen LogP contribution < -0.4 is 10.9 Å². The summed E-state index contributed by atoms with van der Waals surface area (Å²) in [6.07, 6.45) is 0.368. The van der Waals surface area contributed by atoms with Crippen LogP contribution in [0.5, 0.6) is 0 Å². The zero-order valence-electron chi connectivity index (χ0n) is 16.8. The summed E-state index contributed by atoms with van der Waals surface area (Å²) in [6.45, 7) is 0. The summed E-state index contributed by atoms with van der Waals surface area (Å²) in [4.78, 5) is 36.8. The number of anilines is 1. The van der Waals surface area contributed by atoms with E-state index < -0.39 is 5.97 Å². The predicted molar refractivity (Wildman–Crippen MR) is 121 cm³/mol.